The van der Waals surface area contributed by atoms with Gasteiger partial charge < -0.3 is 15.4 Å². The first-order chi connectivity index (χ1) is 12.0. The molecule has 0 radical (unpaired) electrons. The third kappa shape index (κ3) is 6.06. The van der Waals surface area contributed by atoms with Gasteiger partial charge in [-0.3, -0.25) is 14.4 Å². The van der Waals surface area contributed by atoms with Crippen LogP contribution in [0, 0.1) is 19.8 Å². The number of hydrogen-bond acceptors (Lipinski definition) is 4. The SMILES string of the molecule is Cc1cccc(NC(=O)CNC(=O)COC(=O)C[C@@H]2C=CCC2)c1C. The number of rotatable bonds is 7. The van der Waals surface area contributed by atoms with E-state index in [0.29, 0.717) is 0 Å². The van der Waals surface area contributed by atoms with Gasteiger partial charge >= 0.3 is 5.97 Å². The van der Waals surface area contributed by atoms with E-state index in [4.69, 9.17) is 4.74 Å². The van der Waals surface area contributed by atoms with Gasteiger partial charge in [0.25, 0.3) is 5.91 Å². The Hall–Kier alpha value is -2.63. The summed E-state index contributed by atoms with van der Waals surface area (Å²) in [4.78, 5) is 35.2. The first-order valence-electron chi connectivity index (χ1n) is 8.40. The Labute approximate surface area is 147 Å². The van der Waals surface area contributed by atoms with Crippen molar-refractivity contribution in [3.05, 3.63) is 41.5 Å². The van der Waals surface area contributed by atoms with Gasteiger partial charge in [-0.2, -0.15) is 0 Å². The molecule has 0 aromatic heterocycles. The molecule has 1 aromatic rings. The summed E-state index contributed by atoms with van der Waals surface area (Å²) in [6.45, 7) is 3.34. The summed E-state index contributed by atoms with van der Waals surface area (Å²) < 4.78 is 4.93. The van der Waals surface area contributed by atoms with Crippen LogP contribution in [-0.2, 0) is 19.1 Å². The molecule has 1 aromatic carbocycles. The second kappa shape index (κ2) is 9.01. The normalized spacial score (nSPS) is 15.7. The summed E-state index contributed by atoms with van der Waals surface area (Å²) in [5.74, 6) is -1.01. The molecule has 2 amide bonds. The zero-order chi connectivity index (χ0) is 18.2. The van der Waals surface area contributed by atoms with Crippen LogP contribution in [0.1, 0.15) is 30.4 Å². The molecule has 6 nitrogen and oxygen atoms in total. The Kier molecular flexibility index (Phi) is 6.74. The fraction of sp³-hybridized carbons (Fsp3) is 0.421. The van der Waals surface area contributed by atoms with E-state index < -0.39 is 11.9 Å². The lowest BCUT2D eigenvalue weighted by molar-refractivity contribution is -0.149. The molecule has 2 rings (SSSR count). The fourth-order valence-electron chi connectivity index (χ4n) is 2.60. The Morgan fingerprint density at radius 2 is 2.00 bits per heavy atom. The summed E-state index contributed by atoms with van der Waals surface area (Å²) in [5, 5.41) is 5.19. The van der Waals surface area contributed by atoms with Gasteiger partial charge in [0.1, 0.15) is 0 Å². The Balaban J connectivity index is 1.67. The quantitative estimate of drug-likeness (QED) is 0.587. The number of hydrogen-bond donors (Lipinski definition) is 2. The molecule has 1 aliphatic carbocycles. The van der Waals surface area contributed by atoms with Crippen molar-refractivity contribution >= 4 is 23.5 Å². The Morgan fingerprint density at radius 1 is 1.20 bits per heavy atom. The molecule has 0 bridgehead atoms. The fourth-order valence-corrected chi connectivity index (χ4v) is 2.60. The van der Waals surface area contributed by atoms with E-state index in [-0.39, 0.29) is 31.4 Å². The summed E-state index contributed by atoms with van der Waals surface area (Å²) in [6, 6.07) is 5.62. The molecule has 0 aliphatic heterocycles. The van der Waals surface area contributed by atoms with E-state index in [1.807, 2.05) is 38.1 Å². The average Bonchev–Trinajstić information content (AvgIpc) is 3.08. The van der Waals surface area contributed by atoms with Crippen LogP contribution in [-0.4, -0.2) is 30.9 Å². The highest BCUT2D eigenvalue weighted by atomic mass is 16.5. The maximum atomic E-state index is 11.9. The molecule has 6 heteroatoms. The lowest BCUT2D eigenvalue weighted by Crippen LogP contribution is -2.35. The van der Waals surface area contributed by atoms with Crippen LogP contribution >= 0.6 is 0 Å². The van der Waals surface area contributed by atoms with E-state index >= 15 is 0 Å². The van der Waals surface area contributed by atoms with Gasteiger partial charge in [-0.25, -0.2) is 0 Å². The molecule has 0 fully saturated rings. The van der Waals surface area contributed by atoms with E-state index in [9.17, 15) is 14.4 Å². The molecule has 0 unspecified atom stereocenters. The van der Waals surface area contributed by atoms with Gasteiger partial charge in [0.2, 0.25) is 5.91 Å². The van der Waals surface area contributed by atoms with Gasteiger partial charge in [0.15, 0.2) is 6.61 Å². The maximum Gasteiger partial charge on any atom is 0.306 e. The minimum absolute atomic E-state index is 0.171. The summed E-state index contributed by atoms with van der Waals surface area (Å²) in [7, 11) is 0. The van der Waals surface area contributed by atoms with Crippen molar-refractivity contribution < 1.29 is 19.1 Å². The van der Waals surface area contributed by atoms with Crippen LogP contribution in [0.15, 0.2) is 30.4 Å². The first-order valence-corrected chi connectivity index (χ1v) is 8.40. The lowest BCUT2D eigenvalue weighted by Gasteiger charge is -2.11. The van der Waals surface area contributed by atoms with Crippen molar-refractivity contribution in [2.75, 3.05) is 18.5 Å². The minimum atomic E-state index is -0.494. The number of benzene rings is 1. The van der Waals surface area contributed by atoms with Crippen LogP contribution in [0.25, 0.3) is 0 Å². The number of carbonyl (C=O) groups is 3. The molecular formula is C19H24N2O4. The number of ether oxygens (including phenoxy) is 1. The van der Waals surface area contributed by atoms with Crippen LogP contribution in [0.4, 0.5) is 5.69 Å². The Bertz CT molecular complexity index is 682. The van der Waals surface area contributed by atoms with E-state index in [1.54, 1.807) is 6.07 Å². The molecule has 25 heavy (non-hydrogen) atoms. The number of amides is 2. The van der Waals surface area contributed by atoms with E-state index in [1.165, 1.54) is 0 Å². The van der Waals surface area contributed by atoms with Crippen molar-refractivity contribution in [1.29, 1.82) is 0 Å². The number of esters is 1. The lowest BCUT2D eigenvalue weighted by atomic mass is 10.1. The second-order valence-electron chi connectivity index (χ2n) is 6.20. The average molecular weight is 344 g/mol. The predicted molar refractivity (Wildman–Crippen MR) is 95.0 cm³/mol. The second-order valence-corrected chi connectivity index (χ2v) is 6.20. The highest BCUT2D eigenvalue weighted by molar-refractivity contribution is 5.95. The third-order valence-corrected chi connectivity index (χ3v) is 4.23. The van der Waals surface area contributed by atoms with Crippen molar-refractivity contribution in [1.82, 2.24) is 5.32 Å². The predicted octanol–water partition coefficient (Wildman–Crippen LogP) is 2.26. The highest BCUT2D eigenvalue weighted by Gasteiger charge is 2.16. The molecular weight excluding hydrogens is 320 g/mol. The summed E-state index contributed by atoms with van der Waals surface area (Å²) in [6.07, 6.45) is 6.25. The number of aryl methyl sites for hydroxylation is 1. The van der Waals surface area contributed by atoms with Crippen LogP contribution in [0.3, 0.4) is 0 Å². The molecule has 0 spiro atoms. The number of carbonyl (C=O) groups excluding carboxylic acids is 3. The zero-order valence-corrected chi connectivity index (χ0v) is 14.6. The standard InChI is InChI=1S/C19H24N2O4/c1-13-6-5-9-16(14(13)2)21-17(22)11-20-18(23)12-25-19(24)10-15-7-3-4-8-15/h3,5-7,9,15H,4,8,10-12H2,1-2H3,(H,20,23)(H,21,22)/t15-/m1/s1. The molecule has 1 atom stereocenters. The van der Waals surface area contributed by atoms with E-state index in [0.717, 1.165) is 29.7 Å². The summed E-state index contributed by atoms with van der Waals surface area (Å²) in [5.41, 5.74) is 2.78. The van der Waals surface area contributed by atoms with Gasteiger partial charge in [-0.15, -0.1) is 0 Å². The van der Waals surface area contributed by atoms with Gasteiger partial charge in [-0.1, -0.05) is 24.3 Å². The largest absolute Gasteiger partial charge is 0.456 e. The van der Waals surface area contributed by atoms with Crippen molar-refractivity contribution in [2.24, 2.45) is 5.92 Å². The van der Waals surface area contributed by atoms with Gasteiger partial charge in [0, 0.05) is 5.69 Å². The topological polar surface area (TPSA) is 84.5 Å². The number of nitrogens with one attached hydrogen (secondary N) is 2. The van der Waals surface area contributed by atoms with Crippen LogP contribution in [0.2, 0.25) is 0 Å². The number of allylic oxidation sites excluding steroid dienone is 2. The molecule has 134 valence electrons. The number of anilines is 1. The van der Waals surface area contributed by atoms with E-state index in [2.05, 4.69) is 10.6 Å². The molecule has 0 saturated heterocycles. The Morgan fingerprint density at radius 3 is 2.72 bits per heavy atom. The van der Waals surface area contributed by atoms with Crippen LogP contribution < -0.4 is 10.6 Å². The summed E-state index contributed by atoms with van der Waals surface area (Å²) >= 11 is 0. The van der Waals surface area contributed by atoms with Gasteiger partial charge in [0.05, 0.1) is 13.0 Å². The van der Waals surface area contributed by atoms with Gasteiger partial charge in [-0.05, 0) is 49.8 Å². The molecule has 0 saturated carbocycles. The van der Waals surface area contributed by atoms with Crippen molar-refractivity contribution in [3.8, 4) is 0 Å². The minimum Gasteiger partial charge on any atom is -0.456 e. The first kappa shape index (κ1) is 18.7. The van der Waals surface area contributed by atoms with Crippen molar-refractivity contribution in [2.45, 2.75) is 33.1 Å². The maximum absolute atomic E-state index is 11.9. The molecule has 2 N–H and O–H groups in total. The van der Waals surface area contributed by atoms with Crippen molar-refractivity contribution in [3.63, 3.8) is 0 Å². The highest BCUT2D eigenvalue weighted by Crippen LogP contribution is 2.20. The zero-order valence-electron chi connectivity index (χ0n) is 14.6. The monoisotopic (exact) mass is 344 g/mol. The molecule has 1 aliphatic rings. The molecule has 0 heterocycles. The smallest absolute Gasteiger partial charge is 0.306 e. The third-order valence-electron chi connectivity index (χ3n) is 4.23. The van der Waals surface area contributed by atoms with Crippen LogP contribution in [0.5, 0.6) is 0 Å².